The first-order valence-electron chi connectivity index (χ1n) is 5.48. The van der Waals surface area contributed by atoms with Gasteiger partial charge in [-0.3, -0.25) is 4.68 Å². The van der Waals surface area contributed by atoms with Gasteiger partial charge in [0.15, 0.2) is 5.82 Å². The van der Waals surface area contributed by atoms with Gasteiger partial charge in [-0.15, -0.1) is 0 Å². The third-order valence-electron chi connectivity index (χ3n) is 2.30. The molecular formula is C12H16N4O. The van der Waals surface area contributed by atoms with Crippen molar-refractivity contribution in [3.05, 3.63) is 30.5 Å². The number of nitrogen functional groups attached to an aromatic ring is 1. The molecular weight excluding hydrogens is 216 g/mol. The maximum atomic E-state index is 5.80. The summed E-state index contributed by atoms with van der Waals surface area (Å²) < 4.78 is 7.17. The summed E-state index contributed by atoms with van der Waals surface area (Å²) in [5.74, 6) is 1.48. The molecule has 1 aromatic heterocycles. The molecule has 0 saturated heterocycles. The van der Waals surface area contributed by atoms with E-state index in [4.69, 9.17) is 10.5 Å². The van der Waals surface area contributed by atoms with Crippen LogP contribution in [0.4, 0.5) is 17.2 Å². The van der Waals surface area contributed by atoms with Crippen molar-refractivity contribution in [2.24, 2.45) is 7.05 Å². The van der Waals surface area contributed by atoms with Crippen molar-refractivity contribution in [3.63, 3.8) is 0 Å². The molecule has 5 heteroatoms. The van der Waals surface area contributed by atoms with E-state index in [0.717, 1.165) is 11.5 Å². The van der Waals surface area contributed by atoms with Crippen LogP contribution in [0.3, 0.4) is 0 Å². The lowest BCUT2D eigenvalue weighted by Crippen LogP contribution is -1.99. The van der Waals surface area contributed by atoms with E-state index in [-0.39, 0.29) is 0 Å². The van der Waals surface area contributed by atoms with Crippen LogP contribution in [-0.2, 0) is 7.05 Å². The Morgan fingerprint density at radius 2 is 2.24 bits per heavy atom. The van der Waals surface area contributed by atoms with Crippen LogP contribution in [0.2, 0.25) is 0 Å². The predicted octanol–water partition coefficient (Wildman–Crippen LogP) is 2.14. The maximum Gasteiger partial charge on any atom is 0.152 e. The summed E-state index contributed by atoms with van der Waals surface area (Å²) >= 11 is 0. The van der Waals surface area contributed by atoms with Gasteiger partial charge in [0, 0.05) is 31.1 Å². The summed E-state index contributed by atoms with van der Waals surface area (Å²) in [7, 11) is 1.87. The summed E-state index contributed by atoms with van der Waals surface area (Å²) in [4.78, 5) is 0. The van der Waals surface area contributed by atoms with Crippen LogP contribution in [0, 0.1) is 0 Å². The van der Waals surface area contributed by atoms with Crippen molar-refractivity contribution < 1.29 is 4.74 Å². The minimum Gasteiger partial charge on any atom is -0.492 e. The van der Waals surface area contributed by atoms with E-state index in [2.05, 4.69) is 10.4 Å². The van der Waals surface area contributed by atoms with Crippen molar-refractivity contribution in [1.29, 1.82) is 0 Å². The molecule has 1 heterocycles. The van der Waals surface area contributed by atoms with Crippen molar-refractivity contribution in [1.82, 2.24) is 9.78 Å². The number of hydrogen-bond donors (Lipinski definition) is 2. The number of nitrogens with zero attached hydrogens (tertiary/aromatic N) is 2. The zero-order valence-corrected chi connectivity index (χ0v) is 9.97. The first-order valence-corrected chi connectivity index (χ1v) is 5.48. The standard InChI is InChI=1S/C12H16N4O/c1-3-17-11-8-9(4-5-10(11)13)14-12-6-7-16(2)15-12/h4-8H,3,13H2,1-2H3,(H,14,15). The van der Waals surface area contributed by atoms with Gasteiger partial charge in [-0.25, -0.2) is 0 Å². The molecule has 0 aliphatic heterocycles. The molecule has 0 saturated carbocycles. The molecule has 90 valence electrons. The van der Waals surface area contributed by atoms with Crippen LogP contribution in [-0.4, -0.2) is 16.4 Å². The van der Waals surface area contributed by atoms with Crippen LogP contribution < -0.4 is 15.8 Å². The minimum absolute atomic E-state index is 0.594. The van der Waals surface area contributed by atoms with Gasteiger partial charge in [-0.2, -0.15) is 5.10 Å². The zero-order valence-electron chi connectivity index (χ0n) is 9.97. The molecule has 0 spiro atoms. The molecule has 1 aromatic carbocycles. The number of nitrogens with one attached hydrogen (secondary N) is 1. The van der Waals surface area contributed by atoms with Gasteiger partial charge in [0.1, 0.15) is 5.75 Å². The number of hydrogen-bond acceptors (Lipinski definition) is 4. The Kier molecular flexibility index (Phi) is 3.18. The van der Waals surface area contributed by atoms with E-state index in [1.807, 2.05) is 44.4 Å². The molecule has 0 fully saturated rings. The van der Waals surface area contributed by atoms with Crippen LogP contribution in [0.5, 0.6) is 5.75 Å². The molecule has 0 amide bonds. The van der Waals surface area contributed by atoms with Gasteiger partial charge >= 0.3 is 0 Å². The first kappa shape index (κ1) is 11.3. The highest BCUT2D eigenvalue weighted by molar-refractivity contribution is 5.65. The lowest BCUT2D eigenvalue weighted by Gasteiger charge is -2.09. The normalized spacial score (nSPS) is 10.2. The smallest absolute Gasteiger partial charge is 0.152 e. The Labute approximate surface area is 100 Å². The first-order chi connectivity index (χ1) is 8.19. The molecule has 3 N–H and O–H groups in total. The van der Waals surface area contributed by atoms with E-state index in [1.165, 1.54) is 0 Å². The second-order valence-electron chi connectivity index (χ2n) is 3.69. The summed E-state index contributed by atoms with van der Waals surface area (Å²) in [6, 6.07) is 7.48. The number of nitrogens with two attached hydrogens (primary N) is 1. The molecule has 0 atom stereocenters. The molecule has 2 rings (SSSR count). The topological polar surface area (TPSA) is 65.1 Å². The Morgan fingerprint density at radius 3 is 2.88 bits per heavy atom. The summed E-state index contributed by atoms with van der Waals surface area (Å²) in [6.45, 7) is 2.52. The van der Waals surface area contributed by atoms with Crippen LogP contribution in [0.1, 0.15) is 6.92 Å². The van der Waals surface area contributed by atoms with E-state index >= 15 is 0 Å². The van der Waals surface area contributed by atoms with Crippen molar-refractivity contribution >= 4 is 17.2 Å². The second kappa shape index (κ2) is 4.78. The highest BCUT2D eigenvalue weighted by Crippen LogP contribution is 2.26. The predicted molar refractivity (Wildman–Crippen MR) is 68.5 cm³/mol. The Bertz CT molecular complexity index is 507. The molecule has 0 aliphatic rings. The van der Waals surface area contributed by atoms with Gasteiger partial charge in [0.25, 0.3) is 0 Å². The molecule has 0 aliphatic carbocycles. The summed E-state index contributed by atoms with van der Waals surface area (Å²) in [6.07, 6.45) is 1.88. The van der Waals surface area contributed by atoms with Gasteiger partial charge in [0.2, 0.25) is 0 Å². The third kappa shape index (κ3) is 2.69. The molecule has 0 bridgehead atoms. The van der Waals surface area contributed by atoms with Crippen molar-refractivity contribution in [2.75, 3.05) is 17.7 Å². The third-order valence-corrected chi connectivity index (χ3v) is 2.30. The number of benzene rings is 1. The monoisotopic (exact) mass is 232 g/mol. The van der Waals surface area contributed by atoms with E-state index in [0.29, 0.717) is 18.0 Å². The SMILES string of the molecule is CCOc1cc(Nc2ccn(C)n2)ccc1N. The fourth-order valence-corrected chi connectivity index (χ4v) is 1.52. The average molecular weight is 232 g/mol. The second-order valence-corrected chi connectivity index (χ2v) is 3.69. The van der Waals surface area contributed by atoms with Crippen molar-refractivity contribution in [3.8, 4) is 5.75 Å². The van der Waals surface area contributed by atoms with Gasteiger partial charge in [-0.05, 0) is 19.1 Å². The zero-order chi connectivity index (χ0) is 12.3. The van der Waals surface area contributed by atoms with Crippen molar-refractivity contribution in [2.45, 2.75) is 6.92 Å². The van der Waals surface area contributed by atoms with Crippen LogP contribution >= 0.6 is 0 Å². The molecule has 2 aromatic rings. The van der Waals surface area contributed by atoms with Crippen LogP contribution in [0.25, 0.3) is 0 Å². The highest BCUT2D eigenvalue weighted by atomic mass is 16.5. The quantitative estimate of drug-likeness (QED) is 0.793. The number of ether oxygens (including phenoxy) is 1. The average Bonchev–Trinajstić information content (AvgIpc) is 2.69. The molecule has 17 heavy (non-hydrogen) atoms. The lowest BCUT2D eigenvalue weighted by atomic mass is 10.2. The lowest BCUT2D eigenvalue weighted by molar-refractivity contribution is 0.342. The highest BCUT2D eigenvalue weighted by Gasteiger charge is 2.03. The van der Waals surface area contributed by atoms with E-state index < -0.39 is 0 Å². The number of aromatic nitrogens is 2. The van der Waals surface area contributed by atoms with Gasteiger partial charge in [-0.1, -0.05) is 0 Å². The van der Waals surface area contributed by atoms with Crippen LogP contribution in [0.15, 0.2) is 30.5 Å². The Morgan fingerprint density at radius 1 is 1.41 bits per heavy atom. The fraction of sp³-hybridized carbons (Fsp3) is 0.250. The molecule has 5 nitrogen and oxygen atoms in total. The maximum absolute atomic E-state index is 5.80. The van der Waals surface area contributed by atoms with Gasteiger partial charge in [0.05, 0.1) is 12.3 Å². The largest absolute Gasteiger partial charge is 0.492 e. The van der Waals surface area contributed by atoms with E-state index in [1.54, 1.807) is 4.68 Å². The number of rotatable bonds is 4. The number of anilines is 3. The number of aryl methyl sites for hydroxylation is 1. The summed E-state index contributed by atoms with van der Waals surface area (Å²) in [5.41, 5.74) is 7.34. The fourth-order valence-electron chi connectivity index (χ4n) is 1.52. The summed E-state index contributed by atoms with van der Waals surface area (Å²) in [5, 5.41) is 7.42. The molecule has 0 unspecified atom stereocenters. The Balaban J connectivity index is 2.18. The minimum atomic E-state index is 0.594. The Hall–Kier alpha value is -2.17. The van der Waals surface area contributed by atoms with E-state index in [9.17, 15) is 0 Å². The van der Waals surface area contributed by atoms with Gasteiger partial charge < -0.3 is 15.8 Å². The molecule has 0 radical (unpaired) electrons.